The number of nitrogens with zero attached hydrogens (tertiary/aromatic N) is 2. The Labute approximate surface area is 123 Å². The van der Waals surface area contributed by atoms with Crippen LogP contribution in [0, 0.1) is 13.8 Å². The van der Waals surface area contributed by atoms with Gasteiger partial charge in [0.05, 0.1) is 5.69 Å². The number of carbonyl (C=O) groups is 1. The largest absolute Gasteiger partial charge is 0.421 e. The Morgan fingerprint density at radius 2 is 1.86 bits per heavy atom. The highest BCUT2D eigenvalue weighted by Gasteiger charge is 2.07. The normalized spacial score (nSPS) is 10.6. The van der Waals surface area contributed by atoms with Crippen LogP contribution in [-0.2, 0) is 4.79 Å². The molecule has 0 atom stereocenters. The predicted octanol–water partition coefficient (Wildman–Crippen LogP) is 4.81. The van der Waals surface area contributed by atoms with E-state index in [-0.39, 0.29) is 0 Å². The van der Waals surface area contributed by atoms with Gasteiger partial charge in [-0.15, -0.1) is 5.11 Å². The van der Waals surface area contributed by atoms with E-state index in [9.17, 15) is 4.79 Å². The minimum Gasteiger partial charge on any atom is -0.421 e. The molecule has 106 valence electrons. The molecule has 0 aliphatic carbocycles. The number of benzene rings is 2. The van der Waals surface area contributed by atoms with Crippen LogP contribution in [0.5, 0.6) is 5.75 Å². The second-order valence-corrected chi connectivity index (χ2v) is 4.64. The van der Waals surface area contributed by atoms with Crippen molar-refractivity contribution in [3.63, 3.8) is 0 Å². The number of rotatable bonds is 4. The molecular formula is C17H16N2O2. The van der Waals surface area contributed by atoms with Gasteiger partial charge in [-0.05, 0) is 49.2 Å². The molecule has 2 aromatic rings. The summed E-state index contributed by atoms with van der Waals surface area (Å²) in [7, 11) is 0. The zero-order chi connectivity index (χ0) is 15.2. The second-order valence-electron chi connectivity index (χ2n) is 4.64. The van der Waals surface area contributed by atoms with Crippen molar-refractivity contribution in [1.82, 2.24) is 0 Å². The molecule has 0 aromatic heterocycles. The van der Waals surface area contributed by atoms with E-state index in [2.05, 4.69) is 16.8 Å². The van der Waals surface area contributed by atoms with Crippen molar-refractivity contribution in [2.75, 3.05) is 0 Å². The topological polar surface area (TPSA) is 51.0 Å². The third-order valence-corrected chi connectivity index (χ3v) is 2.77. The SMILES string of the molecule is C=CC(=O)Oc1cc(C)ccc1N=Nc1cccc(C)c1. The van der Waals surface area contributed by atoms with E-state index in [0.29, 0.717) is 11.4 Å². The number of ether oxygens (including phenoxy) is 1. The van der Waals surface area contributed by atoms with Crippen molar-refractivity contribution in [3.05, 3.63) is 66.2 Å². The molecule has 0 fully saturated rings. The first kappa shape index (κ1) is 14.7. The van der Waals surface area contributed by atoms with Crippen LogP contribution in [0.4, 0.5) is 11.4 Å². The minimum atomic E-state index is -0.521. The Bertz CT molecular complexity index is 706. The van der Waals surface area contributed by atoms with E-state index in [1.807, 2.05) is 44.2 Å². The molecule has 2 aromatic carbocycles. The number of aryl methyl sites for hydroxylation is 2. The molecule has 0 unspecified atom stereocenters. The fourth-order valence-electron chi connectivity index (χ4n) is 1.74. The van der Waals surface area contributed by atoms with Crippen LogP contribution in [0.3, 0.4) is 0 Å². The minimum absolute atomic E-state index is 0.372. The molecule has 21 heavy (non-hydrogen) atoms. The molecule has 0 amide bonds. The van der Waals surface area contributed by atoms with E-state index < -0.39 is 5.97 Å². The third kappa shape index (κ3) is 4.11. The second kappa shape index (κ2) is 6.61. The van der Waals surface area contributed by atoms with Gasteiger partial charge in [0.1, 0.15) is 5.69 Å². The molecule has 0 saturated heterocycles. The van der Waals surface area contributed by atoms with Gasteiger partial charge in [0.15, 0.2) is 5.75 Å². The molecule has 0 heterocycles. The van der Waals surface area contributed by atoms with Gasteiger partial charge < -0.3 is 4.74 Å². The highest BCUT2D eigenvalue weighted by molar-refractivity contribution is 5.84. The molecule has 0 aliphatic rings. The summed E-state index contributed by atoms with van der Waals surface area (Å²) >= 11 is 0. The van der Waals surface area contributed by atoms with Crippen molar-refractivity contribution >= 4 is 17.3 Å². The van der Waals surface area contributed by atoms with E-state index >= 15 is 0 Å². The Morgan fingerprint density at radius 3 is 2.57 bits per heavy atom. The smallest absolute Gasteiger partial charge is 0.335 e. The molecule has 2 rings (SSSR count). The summed E-state index contributed by atoms with van der Waals surface area (Å²) in [6.45, 7) is 7.28. The van der Waals surface area contributed by atoms with Gasteiger partial charge >= 0.3 is 5.97 Å². The molecule has 0 bridgehead atoms. The summed E-state index contributed by atoms with van der Waals surface area (Å²) in [5.74, 6) is -0.149. The van der Waals surface area contributed by atoms with Crippen molar-refractivity contribution < 1.29 is 9.53 Å². The van der Waals surface area contributed by atoms with Crippen molar-refractivity contribution in [2.45, 2.75) is 13.8 Å². The van der Waals surface area contributed by atoms with Crippen LogP contribution in [-0.4, -0.2) is 5.97 Å². The van der Waals surface area contributed by atoms with E-state index in [0.717, 1.165) is 22.9 Å². The van der Waals surface area contributed by atoms with Gasteiger partial charge in [0, 0.05) is 6.08 Å². The van der Waals surface area contributed by atoms with Crippen LogP contribution < -0.4 is 4.74 Å². The Hall–Kier alpha value is -2.75. The Morgan fingerprint density at radius 1 is 1.10 bits per heavy atom. The van der Waals surface area contributed by atoms with E-state index in [1.165, 1.54) is 0 Å². The lowest BCUT2D eigenvalue weighted by molar-refractivity contribution is -0.128. The number of carbonyl (C=O) groups excluding carboxylic acids is 1. The molecule has 4 heteroatoms. The quantitative estimate of drug-likeness (QED) is 0.349. The molecule has 4 nitrogen and oxygen atoms in total. The zero-order valence-electron chi connectivity index (χ0n) is 12.0. The lowest BCUT2D eigenvalue weighted by Gasteiger charge is -2.05. The number of hydrogen-bond acceptors (Lipinski definition) is 4. The first-order valence-corrected chi connectivity index (χ1v) is 6.52. The van der Waals surface area contributed by atoms with Gasteiger partial charge in [-0.25, -0.2) is 4.79 Å². The zero-order valence-corrected chi connectivity index (χ0v) is 12.0. The highest BCUT2D eigenvalue weighted by Crippen LogP contribution is 2.30. The first-order valence-electron chi connectivity index (χ1n) is 6.52. The molecule has 0 radical (unpaired) electrons. The third-order valence-electron chi connectivity index (χ3n) is 2.77. The van der Waals surface area contributed by atoms with Crippen LogP contribution in [0.2, 0.25) is 0 Å². The van der Waals surface area contributed by atoms with Gasteiger partial charge in [-0.3, -0.25) is 0 Å². The number of hydrogen-bond donors (Lipinski definition) is 0. The van der Waals surface area contributed by atoms with Crippen LogP contribution in [0.15, 0.2) is 65.3 Å². The summed E-state index contributed by atoms with van der Waals surface area (Å²) in [4.78, 5) is 11.4. The average molecular weight is 280 g/mol. The molecular weight excluding hydrogens is 264 g/mol. The van der Waals surface area contributed by atoms with Crippen LogP contribution >= 0.6 is 0 Å². The monoisotopic (exact) mass is 280 g/mol. The summed E-state index contributed by atoms with van der Waals surface area (Å²) < 4.78 is 5.18. The van der Waals surface area contributed by atoms with Gasteiger partial charge in [0.2, 0.25) is 0 Å². The van der Waals surface area contributed by atoms with E-state index in [1.54, 1.807) is 12.1 Å². The lowest BCUT2D eigenvalue weighted by atomic mass is 10.2. The van der Waals surface area contributed by atoms with E-state index in [4.69, 9.17) is 4.74 Å². The predicted molar refractivity (Wildman–Crippen MR) is 82.4 cm³/mol. The maximum atomic E-state index is 11.4. The van der Waals surface area contributed by atoms with Crippen molar-refractivity contribution in [3.8, 4) is 5.75 Å². The Kier molecular flexibility index (Phi) is 4.61. The standard InChI is InChI=1S/C17H16N2O2/c1-4-17(20)21-16-11-13(3)8-9-15(16)19-18-14-7-5-6-12(2)10-14/h4-11H,1H2,2-3H3. The van der Waals surface area contributed by atoms with Crippen LogP contribution in [0.25, 0.3) is 0 Å². The molecule has 0 spiro atoms. The fraction of sp³-hybridized carbons (Fsp3) is 0.118. The van der Waals surface area contributed by atoms with Crippen LogP contribution in [0.1, 0.15) is 11.1 Å². The Balaban J connectivity index is 2.30. The summed E-state index contributed by atoms with van der Waals surface area (Å²) in [6, 6.07) is 13.1. The maximum absolute atomic E-state index is 11.4. The van der Waals surface area contributed by atoms with Crippen molar-refractivity contribution in [2.24, 2.45) is 10.2 Å². The van der Waals surface area contributed by atoms with Gasteiger partial charge in [0.25, 0.3) is 0 Å². The van der Waals surface area contributed by atoms with Gasteiger partial charge in [-0.1, -0.05) is 24.8 Å². The maximum Gasteiger partial charge on any atom is 0.335 e. The lowest BCUT2D eigenvalue weighted by Crippen LogP contribution is -2.03. The number of azo groups is 1. The van der Waals surface area contributed by atoms with Crippen molar-refractivity contribution in [1.29, 1.82) is 0 Å². The number of esters is 1. The first-order chi connectivity index (χ1) is 10.1. The fourth-order valence-corrected chi connectivity index (χ4v) is 1.74. The molecule has 0 saturated carbocycles. The summed E-state index contributed by atoms with van der Waals surface area (Å²) in [5.41, 5.74) is 3.32. The summed E-state index contributed by atoms with van der Waals surface area (Å²) in [5, 5.41) is 8.33. The highest BCUT2D eigenvalue weighted by atomic mass is 16.5. The average Bonchev–Trinajstić information content (AvgIpc) is 2.46. The summed E-state index contributed by atoms with van der Waals surface area (Å²) in [6.07, 6.45) is 1.11. The molecule has 0 N–H and O–H groups in total. The molecule has 0 aliphatic heterocycles. The van der Waals surface area contributed by atoms with Gasteiger partial charge in [-0.2, -0.15) is 5.11 Å².